The van der Waals surface area contributed by atoms with Crippen molar-refractivity contribution in [1.29, 1.82) is 0 Å². The van der Waals surface area contributed by atoms with Crippen molar-refractivity contribution in [3.8, 4) is 0 Å². The van der Waals surface area contributed by atoms with E-state index in [1.807, 2.05) is 14.0 Å². The first-order valence-electron chi connectivity index (χ1n) is 6.22. The van der Waals surface area contributed by atoms with Gasteiger partial charge in [-0.2, -0.15) is 0 Å². The topological polar surface area (TPSA) is 26.3 Å². The molecule has 0 amide bonds. The molecule has 0 heterocycles. The fraction of sp³-hybridized carbons (Fsp3) is 0.923. The van der Waals surface area contributed by atoms with E-state index in [2.05, 4.69) is 0 Å². The largest absolute Gasteiger partial charge is 0.378 e. The second-order valence-electron chi connectivity index (χ2n) is 5.75. The molecule has 0 aromatic rings. The molecular weight excluding hydrogens is 188 g/mol. The van der Waals surface area contributed by atoms with Crippen LogP contribution in [0.15, 0.2) is 0 Å². The van der Waals surface area contributed by atoms with Gasteiger partial charge in [0, 0.05) is 18.4 Å². The minimum atomic E-state index is 0.0221. The molecule has 3 aliphatic rings. The predicted octanol–water partition coefficient (Wildman–Crippen LogP) is 2.56. The number of hydrogen-bond donors (Lipinski definition) is 0. The zero-order chi connectivity index (χ0) is 10.7. The molecule has 3 fully saturated rings. The average molecular weight is 208 g/mol. The first-order chi connectivity index (χ1) is 7.16. The molecule has 15 heavy (non-hydrogen) atoms. The first kappa shape index (κ1) is 9.83. The smallest absolute Gasteiger partial charge is 0.136 e. The highest BCUT2D eigenvalue weighted by Gasteiger charge is 2.69. The summed E-state index contributed by atoms with van der Waals surface area (Å²) in [4.78, 5) is 12.0. The Hall–Kier alpha value is -0.370. The van der Waals surface area contributed by atoms with Crippen LogP contribution in [-0.4, -0.2) is 18.5 Å². The van der Waals surface area contributed by atoms with Crippen molar-refractivity contribution in [2.75, 3.05) is 7.11 Å². The van der Waals surface area contributed by atoms with Crippen LogP contribution >= 0.6 is 0 Å². The second-order valence-corrected chi connectivity index (χ2v) is 5.75. The predicted molar refractivity (Wildman–Crippen MR) is 57.5 cm³/mol. The highest BCUT2D eigenvalue weighted by molar-refractivity contribution is 5.84. The minimum absolute atomic E-state index is 0.0221. The Morgan fingerprint density at radius 3 is 2.80 bits per heavy atom. The van der Waals surface area contributed by atoms with Crippen molar-refractivity contribution in [3.63, 3.8) is 0 Å². The number of carbonyl (C=O) groups excluding carboxylic acids is 1. The molecule has 2 heteroatoms. The van der Waals surface area contributed by atoms with Crippen molar-refractivity contribution in [2.24, 2.45) is 17.3 Å². The number of carbonyl (C=O) groups is 1. The van der Waals surface area contributed by atoms with Crippen LogP contribution < -0.4 is 0 Å². The molecule has 0 aromatic heterocycles. The second kappa shape index (κ2) is 2.85. The van der Waals surface area contributed by atoms with Crippen LogP contribution in [-0.2, 0) is 9.53 Å². The lowest BCUT2D eigenvalue weighted by atomic mass is 9.64. The highest BCUT2D eigenvalue weighted by Crippen LogP contribution is 2.69. The van der Waals surface area contributed by atoms with Gasteiger partial charge in [-0.25, -0.2) is 0 Å². The quantitative estimate of drug-likeness (QED) is 0.697. The Kier molecular flexibility index (Phi) is 1.87. The number of ether oxygens (including phenoxy) is 1. The zero-order valence-corrected chi connectivity index (χ0v) is 9.71. The van der Waals surface area contributed by atoms with Crippen molar-refractivity contribution in [2.45, 2.75) is 51.0 Å². The van der Waals surface area contributed by atoms with E-state index in [-0.39, 0.29) is 11.0 Å². The molecule has 0 spiro atoms. The third-order valence-electron chi connectivity index (χ3n) is 5.64. The van der Waals surface area contributed by atoms with Crippen LogP contribution in [0.4, 0.5) is 0 Å². The summed E-state index contributed by atoms with van der Waals surface area (Å²) in [5.74, 6) is 1.60. The number of fused-ring (bicyclic) bond motifs is 5. The van der Waals surface area contributed by atoms with Gasteiger partial charge in [0.05, 0.1) is 5.60 Å². The lowest BCUT2D eigenvalue weighted by molar-refractivity contribution is -0.137. The number of rotatable bonds is 2. The number of methoxy groups -OCH3 is 1. The van der Waals surface area contributed by atoms with Gasteiger partial charge in [0.1, 0.15) is 5.78 Å². The monoisotopic (exact) mass is 208 g/mol. The molecule has 2 nitrogen and oxygen atoms in total. The number of ketones is 1. The van der Waals surface area contributed by atoms with Crippen LogP contribution in [0.1, 0.15) is 45.4 Å². The molecule has 3 aliphatic carbocycles. The lowest BCUT2D eigenvalue weighted by Gasteiger charge is -2.41. The summed E-state index contributed by atoms with van der Waals surface area (Å²) in [5.41, 5.74) is 0.0983. The van der Waals surface area contributed by atoms with Gasteiger partial charge in [-0.15, -0.1) is 0 Å². The van der Waals surface area contributed by atoms with Crippen molar-refractivity contribution in [3.05, 3.63) is 0 Å². The normalized spacial score (nSPS) is 52.1. The van der Waals surface area contributed by atoms with Gasteiger partial charge in [-0.3, -0.25) is 4.79 Å². The van der Waals surface area contributed by atoms with Crippen LogP contribution in [0, 0.1) is 17.3 Å². The van der Waals surface area contributed by atoms with E-state index in [1.54, 1.807) is 0 Å². The zero-order valence-electron chi connectivity index (χ0n) is 9.71. The van der Waals surface area contributed by atoms with Gasteiger partial charge in [0.25, 0.3) is 0 Å². The Balaban J connectivity index is 2.06. The van der Waals surface area contributed by atoms with E-state index in [9.17, 15) is 4.79 Å². The Labute approximate surface area is 91.4 Å². The molecule has 3 saturated carbocycles. The van der Waals surface area contributed by atoms with E-state index in [0.29, 0.717) is 17.6 Å². The molecule has 4 atom stereocenters. The molecule has 0 aromatic carbocycles. The molecule has 4 unspecified atom stereocenters. The van der Waals surface area contributed by atoms with Crippen LogP contribution in [0.5, 0.6) is 0 Å². The number of Topliss-reactive ketones (excluding diaryl/α,β-unsaturated/α-hetero) is 1. The fourth-order valence-electron chi connectivity index (χ4n) is 5.08. The van der Waals surface area contributed by atoms with Crippen molar-refractivity contribution >= 4 is 5.78 Å². The number of hydrogen-bond acceptors (Lipinski definition) is 2. The Bertz CT molecular complexity index is 312. The maximum absolute atomic E-state index is 12.0. The summed E-state index contributed by atoms with van der Waals surface area (Å²) in [5, 5.41) is 0. The molecule has 3 rings (SSSR count). The molecular formula is C13H20O2. The van der Waals surface area contributed by atoms with Gasteiger partial charge in [-0.05, 0) is 44.9 Å². The van der Waals surface area contributed by atoms with E-state index >= 15 is 0 Å². The average Bonchev–Trinajstić information content (AvgIpc) is 2.88. The van der Waals surface area contributed by atoms with E-state index in [1.165, 1.54) is 25.7 Å². The molecule has 0 radical (unpaired) electrons. The lowest BCUT2D eigenvalue weighted by Crippen LogP contribution is -2.45. The summed E-state index contributed by atoms with van der Waals surface area (Å²) in [6.07, 6.45) is 7.12. The minimum Gasteiger partial charge on any atom is -0.378 e. The standard InChI is InChI=1S/C13H20O2/c1-9(14)13-6-3-4-11(13)12(15-2)7-5-10(13)8-12/h10-11H,3-8H2,1-2H3. The van der Waals surface area contributed by atoms with Gasteiger partial charge in [0.15, 0.2) is 0 Å². The highest BCUT2D eigenvalue weighted by atomic mass is 16.5. The van der Waals surface area contributed by atoms with Crippen LogP contribution in [0.25, 0.3) is 0 Å². The molecule has 0 N–H and O–H groups in total. The Morgan fingerprint density at radius 2 is 2.13 bits per heavy atom. The summed E-state index contributed by atoms with van der Waals surface area (Å²) in [7, 11) is 1.84. The first-order valence-corrected chi connectivity index (χ1v) is 6.22. The summed E-state index contributed by atoms with van der Waals surface area (Å²) in [6.45, 7) is 1.81. The third kappa shape index (κ3) is 0.926. The molecule has 0 saturated heterocycles. The third-order valence-corrected chi connectivity index (χ3v) is 5.64. The molecule has 84 valence electrons. The summed E-state index contributed by atoms with van der Waals surface area (Å²) >= 11 is 0. The van der Waals surface area contributed by atoms with Crippen LogP contribution in [0.2, 0.25) is 0 Å². The van der Waals surface area contributed by atoms with Gasteiger partial charge < -0.3 is 4.74 Å². The SMILES string of the molecule is COC12CCC(C1)C1(C(C)=O)CCCC21. The van der Waals surface area contributed by atoms with E-state index in [0.717, 1.165) is 12.8 Å². The van der Waals surface area contributed by atoms with E-state index in [4.69, 9.17) is 4.74 Å². The van der Waals surface area contributed by atoms with Crippen molar-refractivity contribution < 1.29 is 9.53 Å². The van der Waals surface area contributed by atoms with Gasteiger partial charge >= 0.3 is 0 Å². The van der Waals surface area contributed by atoms with Crippen LogP contribution in [0.3, 0.4) is 0 Å². The summed E-state index contributed by atoms with van der Waals surface area (Å²) in [6, 6.07) is 0. The Morgan fingerprint density at radius 1 is 1.33 bits per heavy atom. The summed E-state index contributed by atoms with van der Waals surface area (Å²) < 4.78 is 5.83. The maximum Gasteiger partial charge on any atom is 0.136 e. The maximum atomic E-state index is 12.0. The molecule has 0 aliphatic heterocycles. The van der Waals surface area contributed by atoms with E-state index < -0.39 is 0 Å². The van der Waals surface area contributed by atoms with Gasteiger partial charge in [-0.1, -0.05) is 6.42 Å². The van der Waals surface area contributed by atoms with Gasteiger partial charge in [0.2, 0.25) is 0 Å². The fourth-order valence-corrected chi connectivity index (χ4v) is 5.08. The molecule has 2 bridgehead atoms. The van der Waals surface area contributed by atoms with Crippen molar-refractivity contribution in [1.82, 2.24) is 0 Å².